The Labute approximate surface area is 99.9 Å². The molecule has 1 aromatic heterocycles. The molecule has 17 heavy (non-hydrogen) atoms. The Morgan fingerprint density at radius 3 is 3.00 bits per heavy atom. The summed E-state index contributed by atoms with van der Waals surface area (Å²) in [6.45, 7) is 2.12. The van der Waals surface area contributed by atoms with Gasteiger partial charge in [0.15, 0.2) is 0 Å². The Balaban J connectivity index is 2.21. The average Bonchev–Trinajstić information content (AvgIpc) is 2.85. The lowest BCUT2D eigenvalue weighted by molar-refractivity contribution is 0.496. The molecule has 0 amide bonds. The van der Waals surface area contributed by atoms with Crippen LogP contribution in [0.5, 0.6) is 0 Å². The minimum absolute atomic E-state index is 0.480. The Kier molecular flexibility index (Phi) is 3.51. The summed E-state index contributed by atoms with van der Waals surface area (Å²) in [5.74, 6) is 1.14. The quantitative estimate of drug-likeness (QED) is 0.805. The summed E-state index contributed by atoms with van der Waals surface area (Å²) < 4.78 is 5.54. The number of aryl methyl sites for hydroxylation is 1. The molecule has 0 spiro atoms. The topological polar surface area (TPSA) is 62.7 Å². The normalized spacial score (nSPS) is 10.1. The van der Waals surface area contributed by atoms with E-state index in [1.807, 2.05) is 12.1 Å². The lowest BCUT2D eigenvalue weighted by atomic mass is 10.1. The van der Waals surface area contributed by atoms with Gasteiger partial charge in [0.25, 0.3) is 0 Å². The first kappa shape index (κ1) is 11.3. The van der Waals surface area contributed by atoms with Crippen molar-refractivity contribution >= 4 is 0 Å². The van der Waals surface area contributed by atoms with Crippen molar-refractivity contribution in [3.05, 3.63) is 35.7 Å². The monoisotopic (exact) mass is 227 g/mol. The summed E-state index contributed by atoms with van der Waals surface area (Å²) in [6, 6.07) is 9.25. The number of hydrogen-bond donors (Lipinski definition) is 0. The molecule has 4 nitrogen and oxygen atoms in total. The summed E-state index contributed by atoms with van der Waals surface area (Å²) in [5, 5.41) is 16.8. The van der Waals surface area contributed by atoms with Crippen molar-refractivity contribution in [2.24, 2.45) is 0 Å². The molecule has 0 saturated heterocycles. The largest absolute Gasteiger partial charge is 0.421 e. The second-order valence-electron chi connectivity index (χ2n) is 3.80. The number of rotatable bonds is 4. The number of benzene rings is 1. The molecule has 0 aliphatic rings. The Hall–Kier alpha value is -2.15. The van der Waals surface area contributed by atoms with Gasteiger partial charge in [-0.25, -0.2) is 0 Å². The van der Waals surface area contributed by atoms with Gasteiger partial charge in [0, 0.05) is 12.0 Å². The molecule has 0 radical (unpaired) electrons. The summed E-state index contributed by atoms with van der Waals surface area (Å²) in [5.41, 5.74) is 1.38. The minimum Gasteiger partial charge on any atom is -0.421 e. The molecule has 0 atom stereocenters. The van der Waals surface area contributed by atoms with Crippen LogP contribution in [0.4, 0.5) is 0 Å². The molecular weight excluding hydrogens is 214 g/mol. The summed E-state index contributed by atoms with van der Waals surface area (Å²) in [6.07, 6.45) is 2.95. The molecule has 86 valence electrons. The number of unbranched alkanes of at least 4 members (excludes halogenated alkanes) is 1. The third-order valence-corrected chi connectivity index (χ3v) is 2.45. The maximum Gasteiger partial charge on any atom is 0.247 e. The van der Waals surface area contributed by atoms with Crippen molar-refractivity contribution in [3.8, 4) is 17.5 Å². The van der Waals surface area contributed by atoms with Gasteiger partial charge in [0.05, 0.1) is 11.6 Å². The van der Waals surface area contributed by atoms with Gasteiger partial charge in [-0.15, -0.1) is 10.2 Å². The standard InChI is InChI=1S/C13H13N3O/c1-2-3-7-12-15-16-13(17-12)11-6-4-5-10(8-11)9-14/h4-6,8H,2-3,7H2,1H3. The molecule has 1 heterocycles. The predicted molar refractivity (Wildman–Crippen MR) is 63.1 cm³/mol. The first-order valence-electron chi connectivity index (χ1n) is 5.66. The highest BCUT2D eigenvalue weighted by atomic mass is 16.4. The van der Waals surface area contributed by atoms with E-state index < -0.39 is 0 Å². The summed E-state index contributed by atoms with van der Waals surface area (Å²) in [7, 11) is 0. The van der Waals surface area contributed by atoms with Crippen LogP contribution in [-0.2, 0) is 6.42 Å². The van der Waals surface area contributed by atoms with Crippen LogP contribution in [0.1, 0.15) is 31.2 Å². The van der Waals surface area contributed by atoms with Crippen molar-refractivity contribution < 1.29 is 4.42 Å². The van der Waals surface area contributed by atoms with Crippen LogP contribution >= 0.6 is 0 Å². The maximum atomic E-state index is 8.81. The smallest absolute Gasteiger partial charge is 0.247 e. The molecule has 0 bridgehead atoms. The number of nitriles is 1. The highest BCUT2D eigenvalue weighted by Crippen LogP contribution is 2.19. The Morgan fingerprint density at radius 1 is 1.35 bits per heavy atom. The fourth-order valence-corrected chi connectivity index (χ4v) is 1.52. The maximum absolute atomic E-state index is 8.81. The van der Waals surface area contributed by atoms with E-state index in [0.29, 0.717) is 17.3 Å². The molecule has 0 fully saturated rings. The van der Waals surface area contributed by atoms with Gasteiger partial charge in [-0.1, -0.05) is 19.4 Å². The molecule has 0 aliphatic carbocycles. The van der Waals surface area contributed by atoms with Crippen LogP contribution in [0.2, 0.25) is 0 Å². The van der Waals surface area contributed by atoms with Crippen LogP contribution < -0.4 is 0 Å². The molecule has 2 aromatic rings. The van der Waals surface area contributed by atoms with E-state index in [2.05, 4.69) is 23.2 Å². The van der Waals surface area contributed by atoms with E-state index in [0.717, 1.165) is 24.8 Å². The van der Waals surface area contributed by atoms with Gasteiger partial charge >= 0.3 is 0 Å². The predicted octanol–water partition coefficient (Wildman–Crippen LogP) is 2.95. The molecule has 4 heteroatoms. The van der Waals surface area contributed by atoms with Crippen LogP contribution in [0.15, 0.2) is 28.7 Å². The second kappa shape index (κ2) is 5.26. The highest BCUT2D eigenvalue weighted by molar-refractivity contribution is 5.55. The molecular formula is C13H13N3O. The van der Waals surface area contributed by atoms with Crippen molar-refractivity contribution in [2.45, 2.75) is 26.2 Å². The SMILES string of the molecule is CCCCc1nnc(-c2cccc(C#N)c2)o1. The van der Waals surface area contributed by atoms with Gasteiger partial charge in [0.1, 0.15) is 0 Å². The van der Waals surface area contributed by atoms with Crippen molar-refractivity contribution in [1.82, 2.24) is 10.2 Å². The van der Waals surface area contributed by atoms with Crippen molar-refractivity contribution in [2.75, 3.05) is 0 Å². The number of hydrogen-bond acceptors (Lipinski definition) is 4. The highest BCUT2D eigenvalue weighted by Gasteiger charge is 2.08. The molecule has 0 unspecified atom stereocenters. The zero-order chi connectivity index (χ0) is 12.1. The lowest BCUT2D eigenvalue weighted by Gasteiger charge is -1.94. The van der Waals surface area contributed by atoms with E-state index in [1.54, 1.807) is 12.1 Å². The Bertz CT molecular complexity index is 540. The van der Waals surface area contributed by atoms with Crippen molar-refractivity contribution in [1.29, 1.82) is 5.26 Å². The zero-order valence-corrected chi connectivity index (χ0v) is 9.68. The fourth-order valence-electron chi connectivity index (χ4n) is 1.52. The first-order valence-corrected chi connectivity index (χ1v) is 5.66. The average molecular weight is 227 g/mol. The molecule has 0 aliphatic heterocycles. The molecule has 2 rings (SSSR count). The van der Waals surface area contributed by atoms with Gasteiger partial charge in [-0.05, 0) is 24.6 Å². The zero-order valence-electron chi connectivity index (χ0n) is 9.68. The minimum atomic E-state index is 0.480. The Morgan fingerprint density at radius 2 is 2.24 bits per heavy atom. The van der Waals surface area contributed by atoms with Crippen molar-refractivity contribution in [3.63, 3.8) is 0 Å². The van der Waals surface area contributed by atoms with Crippen LogP contribution in [0.3, 0.4) is 0 Å². The van der Waals surface area contributed by atoms with E-state index in [1.165, 1.54) is 0 Å². The third-order valence-electron chi connectivity index (χ3n) is 2.45. The first-order chi connectivity index (χ1) is 8.33. The number of aromatic nitrogens is 2. The third kappa shape index (κ3) is 2.70. The van der Waals surface area contributed by atoms with Crippen LogP contribution in [-0.4, -0.2) is 10.2 Å². The lowest BCUT2D eigenvalue weighted by Crippen LogP contribution is -1.83. The summed E-state index contributed by atoms with van der Waals surface area (Å²) in [4.78, 5) is 0. The molecule has 0 N–H and O–H groups in total. The summed E-state index contributed by atoms with van der Waals surface area (Å²) >= 11 is 0. The van der Waals surface area contributed by atoms with E-state index in [-0.39, 0.29) is 0 Å². The second-order valence-corrected chi connectivity index (χ2v) is 3.80. The van der Waals surface area contributed by atoms with E-state index in [4.69, 9.17) is 9.68 Å². The van der Waals surface area contributed by atoms with Gasteiger partial charge in [0.2, 0.25) is 11.8 Å². The van der Waals surface area contributed by atoms with Gasteiger partial charge in [-0.2, -0.15) is 5.26 Å². The van der Waals surface area contributed by atoms with Gasteiger partial charge in [-0.3, -0.25) is 0 Å². The number of nitrogens with zero attached hydrogens (tertiary/aromatic N) is 3. The van der Waals surface area contributed by atoms with E-state index in [9.17, 15) is 0 Å². The fraction of sp³-hybridized carbons (Fsp3) is 0.308. The molecule has 0 saturated carbocycles. The molecule has 1 aromatic carbocycles. The van der Waals surface area contributed by atoms with E-state index >= 15 is 0 Å². The van der Waals surface area contributed by atoms with Crippen LogP contribution in [0, 0.1) is 11.3 Å². The van der Waals surface area contributed by atoms with Crippen LogP contribution in [0.25, 0.3) is 11.5 Å². The van der Waals surface area contributed by atoms with Gasteiger partial charge < -0.3 is 4.42 Å².